The molecule has 2 spiro atoms. The number of hydrogen-bond acceptors (Lipinski definition) is 14. The van der Waals surface area contributed by atoms with E-state index in [1.54, 1.807) is 13.8 Å². The normalized spacial score (nSPS) is 48.0. The summed E-state index contributed by atoms with van der Waals surface area (Å²) in [6, 6.07) is 0. The lowest BCUT2D eigenvalue weighted by atomic mass is 9.33. The lowest BCUT2D eigenvalue weighted by Gasteiger charge is -2.72. The Kier molecular flexibility index (Phi) is 14.3. The number of nitrogens with two attached hydrogens (primary N) is 1. The fourth-order valence-corrected chi connectivity index (χ4v) is 18.8. The summed E-state index contributed by atoms with van der Waals surface area (Å²) >= 11 is 0. The Hall–Kier alpha value is -2.21. The molecule has 0 radical (unpaired) electrons. The maximum absolute atomic E-state index is 15.9. The number of dihydropyridines is 1. The average Bonchev–Trinajstić information content (AvgIpc) is 3.75. The van der Waals surface area contributed by atoms with Crippen molar-refractivity contribution in [3.05, 3.63) is 46.8 Å². The molecule has 0 aromatic heterocycles. The van der Waals surface area contributed by atoms with Gasteiger partial charge in [0.1, 0.15) is 5.60 Å². The van der Waals surface area contributed by atoms with Crippen LogP contribution in [0.2, 0.25) is 0 Å². The molecule has 2 heterocycles. The van der Waals surface area contributed by atoms with Crippen LogP contribution in [0.4, 0.5) is 0 Å². The number of aliphatic hydroxyl groups is 9. The van der Waals surface area contributed by atoms with Gasteiger partial charge in [-0.05, 0) is 157 Å². The second-order valence-electron chi connectivity index (χ2n) is 25.2. The van der Waals surface area contributed by atoms with Gasteiger partial charge in [0, 0.05) is 53.0 Å². The van der Waals surface area contributed by atoms with Crippen molar-refractivity contribution in [2.75, 3.05) is 13.2 Å². The van der Waals surface area contributed by atoms with Gasteiger partial charge in [-0.15, -0.1) is 0 Å². The lowest BCUT2D eigenvalue weighted by molar-refractivity contribution is -0.276. The zero-order valence-corrected chi connectivity index (χ0v) is 42.9. The third-order valence-corrected chi connectivity index (χ3v) is 21.7. The molecule has 14 heteroatoms. The van der Waals surface area contributed by atoms with Gasteiger partial charge in [-0.3, -0.25) is 4.79 Å². The van der Waals surface area contributed by atoms with Crippen LogP contribution in [0, 0.1) is 57.7 Å². The molecular formula is C57H89N3O11. The van der Waals surface area contributed by atoms with E-state index < -0.39 is 87.7 Å². The second-order valence-corrected chi connectivity index (χ2v) is 25.2. The van der Waals surface area contributed by atoms with Gasteiger partial charge in [-0.1, -0.05) is 63.7 Å². The van der Waals surface area contributed by atoms with E-state index in [2.05, 4.69) is 23.6 Å². The summed E-state index contributed by atoms with van der Waals surface area (Å²) in [4.78, 5) is 15.9. The van der Waals surface area contributed by atoms with Crippen LogP contribution in [0.15, 0.2) is 46.8 Å². The zero-order chi connectivity index (χ0) is 50.5. The molecular weight excluding hydrogens is 903 g/mol. The fourth-order valence-electron chi connectivity index (χ4n) is 18.8. The van der Waals surface area contributed by atoms with Crippen LogP contribution in [0.3, 0.4) is 0 Å². The SMILES string of the molecule is CCCC1CCC2OC3C(C(O)CCCC3(O)C(C)(O)C3CCC4(O)C5=C(NCC(C)O)C(=O)C6CC(O)C(O)CC67CC(C6=C(CCCO)NC(N)C=C6)C=CC57C(O)CC34C3CCCCC3)C2CC1. The number of rotatable bonds is 12. The molecule has 1 saturated heterocycles. The molecule has 20 atom stereocenters. The molecule has 13 N–H and O–H groups in total. The van der Waals surface area contributed by atoms with E-state index in [0.29, 0.717) is 43.6 Å². The van der Waals surface area contributed by atoms with Crippen molar-refractivity contribution in [1.29, 1.82) is 0 Å². The van der Waals surface area contributed by atoms with Crippen molar-refractivity contribution in [2.24, 2.45) is 63.4 Å². The average molecular weight is 992 g/mol. The molecule has 20 unspecified atom stereocenters. The molecule has 7 fully saturated rings. The Morgan fingerprint density at radius 2 is 1.69 bits per heavy atom. The summed E-state index contributed by atoms with van der Waals surface area (Å²) in [5.41, 5.74) is -0.825. The number of ketones is 1. The number of hydrogen-bond donors (Lipinski definition) is 12. The van der Waals surface area contributed by atoms with Crippen LogP contribution < -0.4 is 16.4 Å². The minimum atomic E-state index is -1.90. The van der Waals surface area contributed by atoms with Gasteiger partial charge < -0.3 is 67.1 Å². The number of carbonyl (C=O) groups is 1. The third-order valence-electron chi connectivity index (χ3n) is 21.7. The predicted molar refractivity (Wildman–Crippen MR) is 267 cm³/mol. The first-order valence-corrected chi connectivity index (χ1v) is 28.3. The van der Waals surface area contributed by atoms with Crippen molar-refractivity contribution in [3.63, 3.8) is 0 Å². The lowest BCUT2D eigenvalue weighted by Crippen LogP contribution is -2.76. The molecule has 0 amide bonds. The Bertz CT molecular complexity index is 2120. The highest BCUT2D eigenvalue weighted by Crippen LogP contribution is 2.79. The summed E-state index contributed by atoms with van der Waals surface area (Å²) in [5.74, 6) is -2.30. The van der Waals surface area contributed by atoms with E-state index in [-0.39, 0.29) is 92.9 Å². The third kappa shape index (κ3) is 7.81. The van der Waals surface area contributed by atoms with Crippen LogP contribution >= 0.6 is 0 Å². The summed E-state index contributed by atoms with van der Waals surface area (Å²) in [6.45, 7) is 5.55. The highest BCUT2D eigenvalue weighted by molar-refractivity contribution is 6.00. The number of aliphatic hydroxyl groups excluding tert-OH is 6. The number of allylic oxidation sites excluding steroid dienone is 5. The highest BCUT2D eigenvalue weighted by Gasteiger charge is 2.81. The molecule has 6 saturated carbocycles. The summed E-state index contributed by atoms with van der Waals surface area (Å²) in [5, 5.41) is 120. The van der Waals surface area contributed by atoms with Gasteiger partial charge in [0.15, 0.2) is 5.78 Å². The van der Waals surface area contributed by atoms with E-state index >= 15 is 4.79 Å². The van der Waals surface area contributed by atoms with E-state index in [9.17, 15) is 46.0 Å². The first kappa shape index (κ1) is 52.2. The smallest absolute Gasteiger partial charge is 0.182 e. The maximum Gasteiger partial charge on any atom is 0.182 e. The number of carbonyl (C=O) groups excluding carboxylic acids is 1. The number of fused-ring (bicyclic) bond motifs is 5. The molecule has 71 heavy (non-hydrogen) atoms. The quantitative estimate of drug-likeness (QED) is 0.121. The molecule has 398 valence electrons. The van der Waals surface area contributed by atoms with Crippen molar-refractivity contribution in [1.82, 2.24) is 10.6 Å². The van der Waals surface area contributed by atoms with Crippen LogP contribution in [0.5, 0.6) is 0 Å². The maximum atomic E-state index is 15.9. The van der Waals surface area contributed by atoms with Gasteiger partial charge in [0.25, 0.3) is 0 Å². The molecule has 14 nitrogen and oxygen atoms in total. The van der Waals surface area contributed by atoms with Crippen LogP contribution in [-0.4, -0.2) is 131 Å². The highest BCUT2D eigenvalue weighted by atomic mass is 16.5. The van der Waals surface area contributed by atoms with E-state index in [0.717, 1.165) is 81.9 Å². The molecule has 2 aliphatic heterocycles. The molecule has 0 aromatic carbocycles. The van der Waals surface area contributed by atoms with Crippen molar-refractivity contribution in [3.8, 4) is 0 Å². The summed E-state index contributed by atoms with van der Waals surface area (Å²) < 4.78 is 7.11. The van der Waals surface area contributed by atoms with Gasteiger partial charge in [0.2, 0.25) is 0 Å². The van der Waals surface area contributed by atoms with Crippen molar-refractivity contribution in [2.45, 2.75) is 228 Å². The van der Waals surface area contributed by atoms with E-state index in [1.165, 1.54) is 0 Å². The molecule has 10 aliphatic rings. The molecule has 0 aromatic rings. The van der Waals surface area contributed by atoms with Gasteiger partial charge >= 0.3 is 0 Å². The Morgan fingerprint density at radius 3 is 2.42 bits per heavy atom. The van der Waals surface area contributed by atoms with E-state index in [1.807, 2.05) is 18.2 Å². The molecule has 10 rings (SSSR count). The van der Waals surface area contributed by atoms with Crippen molar-refractivity contribution >= 4 is 5.78 Å². The fraction of sp³-hybridized carbons (Fsp3) is 0.842. The van der Waals surface area contributed by atoms with Gasteiger partial charge in [0.05, 0.1) is 65.8 Å². The first-order valence-electron chi connectivity index (χ1n) is 28.3. The Balaban J connectivity index is 1.15. The largest absolute Gasteiger partial charge is 0.396 e. The van der Waals surface area contributed by atoms with Crippen LogP contribution in [-0.2, 0) is 9.53 Å². The molecule has 0 bridgehead atoms. The zero-order valence-electron chi connectivity index (χ0n) is 42.9. The van der Waals surface area contributed by atoms with E-state index in [4.69, 9.17) is 10.5 Å². The Labute approximate surface area is 421 Å². The van der Waals surface area contributed by atoms with Gasteiger partial charge in [-0.2, -0.15) is 0 Å². The first-order chi connectivity index (χ1) is 33.8. The van der Waals surface area contributed by atoms with Crippen molar-refractivity contribution < 1.29 is 55.5 Å². The minimum Gasteiger partial charge on any atom is -0.396 e. The van der Waals surface area contributed by atoms with Gasteiger partial charge in [-0.25, -0.2) is 0 Å². The topological polar surface area (TPSA) is 258 Å². The molecule has 8 aliphatic carbocycles. The standard InChI is InChI=1S/C57H89N3O11/c1-4-10-33-15-17-37-43(19-16-33)71-51-47(37)40(63)14-8-23-57(51,70)52(3,68)44-22-25-56(69)50-48(59-31-32(2)62)49(67)38-27-41(64)42(65)29-53(38)28-34(36-18-20-46(58)60-39(36)13-9-26-61)21-24-54(50,53)45(66)30-55(44,56)35-11-6-5-7-12-35/h18,20-21,24,32-35,37-38,40-47,51,59-66,68-70H,4-17,19,22-23,25-31,58H2,1-3H3. The second kappa shape index (κ2) is 19.4. The number of Topliss-reactive ketones (excluding diaryl/α,β-unsaturated/α-hetero) is 1. The minimum absolute atomic E-state index is 0.0163. The Morgan fingerprint density at radius 1 is 0.930 bits per heavy atom. The monoisotopic (exact) mass is 992 g/mol. The van der Waals surface area contributed by atoms with Crippen LogP contribution in [0.25, 0.3) is 0 Å². The number of nitrogens with one attached hydrogen (secondary N) is 2. The summed E-state index contributed by atoms with van der Waals surface area (Å²) in [7, 11) is 0. The number of ether oxygens (including phenoxy) is 1. The van der Waals surface area contributed by atoms with Crippen LogP contribution in [0.1, 0.15) is 162 Å². The summed E-state index contributed by atoms with van der Waals surface area (Å²) in [6.07, 6.45) is 14.3. The predicted octanol–water partition coefficient (Wildman–Crippen LogP) is 4.43.